The Balaban J connectivity index is 0.772. The molecule has 10 aliphatic rings. The number of rotatable bonds is 8. The minimum Gasteiger partial charge on any atom is -0.256 e. The molecule has 0 spiro atoms. The second-order valence-electron chi connectivity index (χ2n) is 45.4. The van der Waals surface area contributed by atoms with Crippen LogP contribution in [0.3, 0.4) is 0 Å². The van der Waals surface area contributed by atoms with Crippen LogP contribution < -0.4 is 0 Å². The molecule has 2 unspecified atom stereocenters. The Morgan fingerprint density at radius 3 is 0.647 bits per heavy atom. The van der Waals surface area contributed by atoms with Crippen molar-refractivity contribution in [3.05, 3.63) is 385 Å². The SMILES string of the molecule is CC1(C)c2ccc(-c3ccc(-c4ccccc4-c4cc5cc(c4)-c4cccc(c4-c4cnc(-c6ccccc6)nc4)-c4cc(-c6ccccc6-c6ccc(-c7ccc8c(c7)C(C)(C)C(C)(C)C8(C)C)nc6)cc(c4)-c4ccccc4-c4ccc(nc4)-c4ccc6c(c4)C(C)(C)C(C)(C)C6(C)C4(C)c6ccc(cc6C(C)(C)C4(C)C)-c4ccc(cn4)-c4ccccc4-5)cn3)cc2C(C)(C)C1(C)C. The van der Waals surface area contributed by atoms with Gasteiger partial charge in [-0.1, -0.05) is 371 Å². The Labute approximate surface area is 805 Å². The number of hydrogen-bond donors (Lipinski definition) is 0. The van der Waals surface area contributed by atoms with Crippen LogP contribution in [-0.2, 0) is 43.3 Å². The monoisotopic (exact) mass is 1770 g/mol. The Morgan fingerprint density at radius 1 is 0.147 bits per heavy atom. The molecule has 6 heteroatoms. The van der Waals surface area contributed by atoms with Gasteiger partial charge in [-0.05, 0) is 273 Å². The van der Waals surface area contributed by atoms with E-state index in [1.54, 1.807) is 0 Å². The van der Waals surface area contributed by atoms with Crippen LogP contribution in [0, 0.1) is 21.7 Å². The van der Waals surface area contributed by atoms with Crippen molar-refractivity contribution in [3.8, 4) is 179 Å². The fraction of sp³-hybridized carbons (Fsp3) is 0.262. The summed E-state index contributed by atoms with van der Waals surface area (Å²) in [5.74, 6) is 0.646. The molecular formula is C130H122N6. The predicted molar refractivity (Wildman–Crippen MR) is 568 cm³/mol. The number of aromatic nitrogens is 6. The first-order valence-corrected chi connectivity index (χ1v) is 48.9. The van der Waals surface area contributed by atoms with Gasteiger partial charge < -0.3 is 0 Å². The van der Waals surface area contributed by atoms with Crippen LogP contribution in [0.5, 0.6) is 0 Å². The Morgan fingerprint density at radius 2 is 0.368 bits per heavy atom. The third-order valence-electron chi connectivity index (χ3n) is 38.0. The van der Waals surface area contributed by atoms with E-state index >= 15 is 0 Å². The number of fused-ring (bicyclic) bond motifs is 2. The lowest BCUT2D eigenvalue weighted by molar-refractivity contribution is -0.0304. The molecule has 0 amide bonds. The Bertz CT molecular complexity index is 7300. The average Bonchev–Trinajstić information content (AvgIpc) is 1.47. The summed E-state index contributed by atoms with van der Waals surface area (Å²) in [5, 5.41) is 0. The van der Waals surface area contributed by atoms with Gasteiger partial charge in [-0.3, -0.25) is 19.9 Å². The minimum absolute atomic E-state index is 0.00555. The molecule has 2 atom stereocenters. The molecule has 0 radical (unpaired) electrons. The van der Waals surface area contributed by atoms with Gasteiger partial charge in [0, 0.05) is 109 Å². The lowest BCUT2D eigenvalue weighted by Crippen LogP contribution is -2.61. The molecule has 0 saturated heterocycles. The molecule has 3 aliphatic heterocycles. The van der Waals surface area contributed by atoms with E-state index in [1.165, 1.54) is 44.5 Å². The van der Waals surface area contributed by atoms with Crippen molar-refractivity contribution in [1.29, 1.82) is 0 Å². The van der Waals surface area contributed by atoms with Crippen LogP contribution in [0.1, 0.15) is 197 Å². The summed E-state index contributed by atoms with van der Waals surface area (Å²) in [4.78, 5) is 32.5. The maximum Gasteiger partial charge on any atom is 0.159 e. The Kier molecular flexibility index (Phi) is 19.6. The second kappa shape index (κ2) is 30.4. The summed E-state index contributed by atoms with van der Waals surface area (Å²) in [5.41, 5.74) is 41.6. The molecule has 136 heavy (non-hydrogen) atoms. The zero-order valence-electron chi connectivity index (χ0n) is 83.0. The van der Waals surface area contributed by atoms with Crippen LogP contribution in [0.15, 0.2) is 340 Å². The van der Waals surface area contributed by atoms with Gasteiger partial charge >= 0.3 is 0 Å². The fourth-order valence-corrected chi connectivity index (χ4v) is 25.7. The van der Waals surface area contributed by atoms with Crippen LogP contribution in [0.25, 0.3) is 179 Å². The quantitative estimate of drug-likeness (QED) is 0.151. The summed E-state index contributed by atoms with van der Waals surface area (Å²) in [7, 11) is 0. The summed E-state index contributed by atoms with van der Waals surface area (Å²) >= 11 is 0. The topological polar surface area (TPSA) is 77.3 Å². The van der Waals surface area contributed by atoms with Crippen LogP contribution >= 0.6 is 0 Å². The van der Waals surface area contributed by atoms with Gasteiger partial charge in [-0.2, -0.15) is 0 Å². The summed E-state index contributed by atoms with van der Waals surface area (Å²) in [6.07, 6.45) is 12.4. The molecule has 18 bridgehead atoms. The maximum atomic E-state index is 5.53. The fourth-order valence-electron chi connectivity index (χ4n) is 25.7. The normalized spacial score (nSPS) is 19.3. The molecule has 0 N–H and O–H groups in total. The van der Waals surface area contributed by atoms with Gasteiger partial charge in [0.05, 0.1) is 22.8 Å². The number of nitrogens with zero attached hydrogens (tertiary/aromatic N) is 6. The highest BCUT2D eigenvalue weighted by Crippen LogP contribution is 2.77. The third-order valence-corrected chi connectivity index (χ3v) is 38.0. The average molecular weight is 1770 g/mol. The van der Waals surface area contributed by atoms with E-state index in [2.05, 4.69) is 474 Å². The van der Waals surface area contributed by atoms with Gasteiger partial charge in [0.1, 0.15) is 0 Å². The smallest absolute Gasteiger partial charge is 0.159 e. The lowest BCUT2D eigenvalue weighted by atomic mass is 9.41. The largest absolute Gasteiger partial charge is 0.256 e. The summed E-state index contributed by atoms with van der Waals surface area (Å²) in [6, 6.07) is 114. The molecular weight excluding hydrogens is 1650 g/mol. The van der Waals surface area contributed by atoms with Crippen LogP contribution in [0.4, 0.5) is 0 Å². The highest BCUT2D eigenvalue weighted by molar-refractivity contribution is 6.01. The van der Waals surface area contributed by atoms with Crippen molar-refractivity contribution < 1.29 is 0 Å². The van der Waals surface area contributed by atoms with Gasteiger partial charge in [0.25, 0.3) is 0 Å². The molecule has 0 saturated carbocycles. The van der Waals surface area contributed by atoms with E-state index in [0.29, 0.717) is 5.82 Å². The molecule has 672 valence electrons. The van der Waals surface area contributed by atoms with E-state index in [4.69, 9.17) is 29.9 Å². The molecule has 8 heterocycles. The van der Waals surface area contributed by atoms with Crippen molar-refractivity contribution >= 4 is 0 Å². The van der Waals surface area contributed by atoms with Crippen LogP contribution in [-0.4, -0.2) is 29.9 Å². The van der Waals surface area contributed by atoms with Gasteiger partial charge in [0.2, 0.25) is 0 Å². The molecule has 17 aromatic rings. The standard InChI is InChI=1S/C130H122N6/c1-119(2)105-55-47-80(69-109(105)121(5,6)125(119,13)14)113-59-51-84(73-131-113)95-37-26-30-41-99(95)88-63-90-67-92(65-88)103-45-34-46-104(117(103)94-77-135-118(136-78-94)79-35-24-23-25-36-79)93-66-89(100-42-31-27-38-96(100)85-52-60-114(132-74-85)81-48-56-106-110(70-81)122(7,8)126(15,16)120(106,3)4)64-91(68-93)102-44-33-29-40-98(102)87-54-62-116(134-76-87)83-50-58-108-112(72-83)124(11,12)128(19,20)130(108,22)129(21)107-57-49-82(71-111(107)123(9,10)127(129,17)18)115-61-53-86(75-133-115)97-39-28-32-43-101(90)97/h23-78H,1-22H3. The first-order valence-electron chi connectivity index (χ1n) is 48.9. The van der Waals surface area contributed by atoms with Crippen LogP contribution in [0.2, 0.25) is 0 Å². The van der Waals surface area contributed by atoms with Crippen molar-refractivity contribution in [3.63, 3.8) is 0 Å². The molecule has 6 nitrogen and oxygen atoms in total. The van der Waals surface area contributed by atoms with Crippen molar-refractivity contribution in [2.75, 3.05) is 0 Å². The molecule has 12 aromatic carbocycles. The zero-order valence-corrected chi connectivity index (χ0v) is 83.0. The van der Waals surface area contributed by atoms with E-state index in [-0.39, 0.29) is 65.0 Å². The van der Waals surface area contributed by atoms with Gasteiger partial charge in [-0.15, -0.1) is 0 Å². The first-order chi connectivity index (χ1) is 64.7. The zero-order chi connectivity index (χ0) is 94.9. The molecule has 0 fully saturated rings. The first kappa shape index (κ1) is 87.6. The molecule has 7 aliphatic carbocycles. The predicted octanol–water partition coefficient (Wildman–Crippen LogP) is 34.1. The van der Waals surface area contributed by atoms with Gasteiger partial charge in [0.15, 0.2) is 5.82 Å². The van der Waals surface area contributed by atoms with Gasteiger partial charge in [-0.25, -0.2) is 9.97 Å². The number of hydrogen-bond acceptors (Lipinski definition) is 6. The van der Waals surface area contributed by atoms with Crippen molar-refractivity contribution in [2.45, 2.75) is 196 Å². The van der Waals surface area contributed by atoms with E-state index in [0.717, 1.165) is 173 Å². The molecule has 5 aromatic heterocycles. The van der Waals surface area contributed by atoms with Crippen molar-refractivity contribution in [2.24, 2.45) is 21.7 Å². The minimum atomic E-state index is -0.338. The highest BCUT2D eigenvalue weighted by atomic mass is 14.9. The number of benzene rings is 12. The Hall–Kier alpha value is -13.7. The second-order valence-corrected chi connectivity index (χ2v) is 45.4. The summed E-state index contributed by atoms with van der Waals surface area (Å²) in [6.45, 7) is 54.4. The highest BCUT2D eigenvalue weighted by Gasteiger charge is 2.74. The summed E-state index contributed by atoms with van der Waals surface area (Å²) < 4.78 is 0. The lowest BCUT2D eigenvalue weighted by Gasteiger charge is -2.61. The maximum absolute atomic E-state index is 5.53. The third kappa shape index (κ3) is 12.4. The van der Waals surface area contributed by atoms with Crippen molar-refractivity contribution in [1.82, 2.24) is 29.9 Å². The molecule has 27 rings (SSSR count). The van der Waals surface area contributed by atoms with E-state index < -0.39 is 0 Å². The van der Waals surface area contributed by atoms with E-state index in [1.807, 2.05) is 18.5 Å². The number of pyridine rings is 4. The van der Waals surface area contributed by atoms with E-state index in [9.17, 15) is 0 Å².